The molecule has 1 aromatic carbocycles. The van der Waals surface area contributed by atoms with Gasteiger partial charge in [-0.15, -0.1) is 0 Å². The molecule has 0 saturated carbocycles. The van der Waals surface area contributed by atoms with Crippen LogP contribution < -0.4 is 5.32 Å². The van der Waals surface area contributed by atoms with Crippen LogP contribution in [0.15, 0.2) is 18.2 Å². The number of hydrogen-bond acceptors (Lipinski definition) is 2. The summed E-state index contributed by atoms with van der Waals surface area (Å²) in [6.45, 7) is 2.24. The molecule has 1 aliphatic rings. The first kappa shape index (κ1) is 12.5. The lowest BCUT2D eigenvalue weighted by Gasteiger charge is -2.13. The number of nitrogens with one attached hydrogen (secondary N) is 1. The van der Waals surface area contributed by atoms with Crippen molar-refractivity contribution in [3.05, 3.63) is 35.0 Å². The normalized spacial score (nSPS) is 13.8. The lowest BCUT2D eigenvalue weighted by Crippen LogP contribution is -2.00. The van der Waals surface area contributed by atoms with Gasteiger partial charge in [-0.3, -0.25) is 4.98 Å². The van der Waals surface area contributed by atoms with Crippen LogP contribution in [-0.2, 0) is 19.3 Å². The maximum Gasteiger partial charge on any atom is 0.0726 e. The van der Waals surface area contributed by atoms with Crippen LogP contribution in [0.2, 0.25) is 0 Å². The van der Waals surface area contributed by atoms with Gasteiger partial charge in [0.05, 0.1) is 5.52 Å². The third kappa shape index (κ3) is 2.20. The summed E-state index contributed by atoms with van der Waals surface area (Å²) in [4.78, 5) is 4.85. The molecule has 3 rings (SSSR count). The van der Waals surface area contributed by atoms with Gasteiger partial charge >= 0.3 is 0 Å². The Balaban J connectivity index is 2.13. The van der Waals surface area contributed by atoms with Crippen molar-refractivity contribution in [3.8, 4) is 0 Å². The minimum atomic E-state index is 1.14. The summed E-state index contributed by atoms with van der Waals surface area (Å²) in [5.74, 6) is 0. The fourth-order valence-corrected chi connectivity index (χ4v) is 3.13. The molecule has 0 amide bonds. The summed E-state index contributed by atoms with van der Waals surface area (Å²) in [7, 11) is 2.03. The fraction of sp³-hybridized carbons (Fsp3) is 0.471. The molecule has 100 valence electrons. The van der Waals surface area contributed by atoms with Crippen LogP contribution >= 0.6 is 0 Å². The molecule has 0 aliphatic heterocycles. The molecule has 1 N–H and O–H groups in total. The molecule has 19 heavy (non-hydrogen) atoms. The van der Waals surface area contributed by atoms with Gasteiger partial charge in [0.25, 0.3) is 0 Å². The molecule has 0 spiro atoms. The number of unbranched alkanes of at least 4 members (excludes halogenated alkanes) is 1. The number of pyridine rings is 1. The lowest BCUT2D eigenvalue weighted by molar-refractivity contribution is 0.796. The standard InChI is InChI=1S/C17H22N2/c1-3-4-6-12-9-10-16-14(11-12)17(18-2)13-7-5-8-15(13)19-16/h9-11H,3-8H2,1-2H3,(H,18,19). The van der Waals surface area contributed by atoms with E-state index in [1.54, 1.807) is 0 Å². The average Bonchev–Trinajstić information content (AvgIpc) is 2.90. The molecule has 1 aliphatic carbocycles. The minimum Gasteiger partial charge on any atom is -0.387 e. The van der Waals surface area contributed by atoms with E-state index in [1.165, 1.54) is 60.0 Å². The molecular weight excluding hydrogens is 232 g/mol. The van der Waals surface area contributed by atoms with Gasteiger partial charge in [-0.25, -0.2) is 0 Å². The van der Waals surface area contributed by atoms with Gasteiger partial charge in [0.2, 0.25) is 0 Å². The number of aromatic nitrogens is 1. The zero-order valence-electron chi connectivity index (χ0n) is 11.9. The van der Waals surface area contributed by atoms with E-state index >= 15 is 0 Å². The molecule has 0 unspecified atom stereocenters. The molecular formula is C17H22N2. The van der Waals surface area contributed by atoms with Crippen LogP contribution in [0.25, 0.3) is 10.9 Å². The van der Waals surface area contributed by atoms with E-state index in [-0.39, 0.29) is 0 Å². The summed E-state index contributed by atoms with van der Waals surface area (Å²) >= 11 is 0. The van der Waals surface area contributed by atoms with Crippen molar-refractivity contribution in [1.82, 2.24) is 4.98 Å². The van der Waals surface area contributed by atoms with Crippen molar-refractivity contribution in [2.45, 2.75) is 45.4 Å². The highest BCUT2D eigenvalue weighted by Crippen LogP contribution is 2.34. The fourth-order valence-electron chi connectivity index (χ4n) is 3.13. The number of nitrogens with zero attached hydrogens (tertiary/aromatic N) is 1. The lowest BCUT2D eigenvalue weighted by atomic mass is 10.0. The first-order valence-corrected chi connectivity index (χ1v) is 7.45. The van der Waals surface area contributed by atoms with Gasteiger partial charge in [0.15, 0.2) is 0 Å². The average molecular weight is 254 g/mol. The molecule has 0 fully saturated rings. The van der Waals surface area contributed by atoms with Gasteiger partial charge in [0.1, 0.15) is 0 Å². The molecule has 2 heteroatoms. The molecule has 0 saturated heterocycles. The Morgan fingerprint density at radius 1 is 1.26 bits per heavy atom. The second-order valence-electron chi connectivity index (χ2n) is 5.47. The zero-order chi connectivity index (χ0) is 13.2. The van der Waals surface area contributed by atoms with Crippen LogP contribution in [0, 0.1) is 0 Å². The van der Waals surface area contributed by atoms with E-state index in [0.29, 0.717) is 0 Å². The van der Waals surface area contributed by atoms with Crippen LogP contribution in [0.1, 0.15) is 43.0 Å². The maximum atomic E-state index is 4.85. The highest BCUT2D eigenvalue weighted by Gasteiger charge is 2.18. The number of rotatable bonds is 4. The zero-order valence-corrected chi connectivity index (χ0v) is 11.9. The third-order valence-electron chi connectivity index (χ3n) is 4.15. The SMILES string of the molecule is CCCCc1ccc2nc3c(c(NC)c2c1)CCC3. The van der Waals surface area contributed by atoms with Crippen molar-refractivity contribution in [3.63, 3.8) is 0 Å². The summed E-state index contributed by atoms with van der Waals surface area (Å²) in [6.07, 6.45) is 7.24. The molecule has 1 aromatic heterocycles. The van der Waals surface area contributed by atoms with Crippen molar-refractivity contribution in [2.75, 3.05) is 12.4 Å². The first-order chi connectivity index (χ1) is 9.33. The number of aryl methyl sites for hydroxylation is 2. The van der Waals surface area contributed by atoms with Crippen LogP contribution in [-0.4, -0.2) is 12.0 Å². The third-order valence-corrected chi connectivity index (χ3v) is 4.15. The van der Waals surface area contributed by atoms with Crippen molar-refractivity contribution in [1.29, 1.82) is 0 Å². The molecule has 2 nitrogen and oxygen atoms in total. The Kier molecular flexibility index (Phi) is 3.41. The number of hydrogen-bond donors (Lipinski definition) is 1. The Labute approximate surface area is 115 Å². The van der Waals surface area contributed by atoms with Gasteiger partial charge in [-0.1, -0.05) is 19.4 Å². The largest absolute Gasteiger partial charge is 0.387 e. The first-order valence-electron chi connectivity index (χ1n) is 7.45. The van der Waals surface area contributed by atoms with Gasteiger partial charge in [-0.05, 0) is 55.4 Å². The molecule has 2 aromatic rings. The van der Waals surface area contributed by atoms with Crippen molar-refractivity contribution >= 4 is 16.6 Å². The van der Waals surface area contributed by atoms with E-state index in [4.69, 9.17) is 4.98 Å². The summed E-state index contributed by atoms with van der Waals surface area (Å²) in [6, 6.07) is 6.77. The van der Waals surface area contributed by atoms with Crippen LogP contribution in [0.5, 0.6) is 0 Å². The van der Waals surface area contributed by atoms with Crippen molar-refractivity contribution in [2.24, 2.45) is 0 Å². The molecule has 0 atom stereocenters. The van der Waals surface area contributed by atoms with Gasteiger partial charge < -0.3 is 5.32 Å². The van der Waals surface area contributed by atoms with Gasteiger partial charge in [-0.2, -0.15) is 0 Å². The Morgan fingerprint density at radius 3 is 2.95 bits per heavy atom. The van der Waals surface area contributed by atoms with E-state index in [0.717, 1.165) is 11.9 Å². The Bertz CT molecular complexity index is 602. The quantitative estimate of drug-likeness (QED) is 0.888. The molecule has 1 heterocycles. The van der Waals surface area contributed by atoms with Crippen LogP contribution in [0.3, 0.4) is 0 Å². The number of anilines is 1. The highest BCUT2D eigenvalue weighted by molar-refractivity contribution is 5.94. The highest BCUT2D eigenvalue weighted by atomic mass is 14.9. The van der Waals surface area contributed by atoms with Crippen LogP contribution in [0.4, 0.5) is 5.69 Å². The summed E-state index contributed by atoms with van der Waals surface area (Å²) in [5, 5.41) is 4.72. The van der Waals surface area contributed by atoms with Gasteiger partial charge in [0, 0.05) is 23.8 Å². The number of benzene rings is 1. The van der Waals surface area contributed by atoms with E-state index in [1.807, 2.05) is 7.05 Å². The monoisotopic (exact) mass is 254 g/mol. The number of fused-ring (bicyclic) bond motifs is 2. The van der Waals surface area contributed by atoms with Crippen molar-refractivity contribution < 1.29 is 0 Å². The summed E-state index contributed by atoms with van der Waals surface area (Å²) in [5.41, 5.74) is 6.65. The minimum absolute atomic E-state index is 1.14. The predicted molar refractivity (Wildman–Crippen MR) is 81.9 cm³/mol. The summed E-state index contributed by atoms with van der Waals surface area (Å²) < 4.78 is 0. The second kappa shape index (κ2) is 5.20. The molecule has 0 radical (unpaired) electrons. The topological polar surface area (TPSA) is 24.9 Å². The van der Waals surface area contributed by atoms with E-state index < -0.39 is 0 Å². The maximum absolute atomic E-state index is 4.85. The smallest absolute Gasteiger partial charge is 0.0726 e. The Hall–Kier alpha value is -1.57. The second-order valence-corrected chi connectivity index (χ2v) is 5.47. The Morgan fingerprint density at radius 2 is 2.16 bits per heavy atom. The predicted octanol–water partition coefficient (Wildman–Crippen LogP) is 4.11. The molecule has 0 bridgehead atoms. The van der Waals surface area contributed by atoms with E-state index in [2.05, 4.69) is 30.4 Å². The van der Waals surface area contributed by atoms with E-state index in [9.17, 15) is 0 Å².